The Bertz CT molecular complexity index is 1160. The molecule has 0 saturated carbocycles. The number of pyridine rings is 1. The predicted molar refractivity (Wildman–Crippen MR) is 121 cm³/mol. The molecule has 0 radical (unpaired) electrons. The first-order valence-electron chi connectivity index (χ1n) is 10.4. The van der Waals surface area contributed by atoms with E-state index < -0.39 is 6.04 Å². The van der Waals surface area contributed by atoms with Gasteiger partial charge in [0.25, 0.3) is 5.91 Å². The Kier molecular flexibility index (Phi) is 6.18. The zero-order chi connectivity index (χ0) is 22.8. The van der Waals surface area contributed by atoms with E-state index in [9.17, 15) is 9.59 Å². The van der Waals surface area contributed by atoms with Crippen molar-refractivity contribution in [2.45, 2.75) is 38.9 Å². The molecule has 2 atom stereocenters. The van der Waals surface area contributed by atoms with Crippen LogP contribution >= 0.6 is 11.6 Å². The number of halogens is 1. The number of fused-ring (bicyclic) bond motifs is 1. The van der Waals surface area contributed by atoms with Gasteiger partial charge >= 0.3 is 0 Å². The molecule has 1 aliphatic heterocycles. The topological polar surface area (TPSA) is 101 Å². The molecule has 32 heavy (non-hydrogen) atoms. The van der Waals surface area contributed by atoms with Gasteiger partial charge in [0.05, 0.1) is 12.7 Å². The van der Waals surface area contributed by atoms with Gasteiger partial charge in [-0.3, -0.25) is 9.59 Å². The van der Waals surface area contributed by atoms with Crippen LogP contribution < -0.4 is 15.4 Å². The number of carbonyl (C=O) groups is 2. The number of ether oxygens (including phenoxy) is 1. The number of nitrogens with zero attached hydrogens (tertiary/aromatic N) is 4. The second-order valence-electron chi connectivity index (χ2n) is 7.78. The molecule has 3 aromatic rings. The molecule has 1 aromatic carbocycles. The van der Waals surface area contributed by atoms with Crippen LogP contribution in [0.1, 0.15) is 36.2 Å². The first kappa shape index (κ1) is 21.9. The van der Waals surface area contributed by atoms with E-state index in [2.05, 4.69) is 20.7 Å². The maximum Gasteiger partial charge on any atom is 0.256 e. The molecular weight excluding hydrogens is 432 g/mol. The Morgan fingerprint density at radius 2 is 2.19 bits per heavy atom. The summed E-state index contributed by atoms with van der Waals surface area (Å²) in [6, 6.07) is 8.51. The molecule has 168 valence electrons. The molecule has 0 aliphatic carbocycles. The van der Waals surface area contributed by atoms with E-state index in [1.54, 1.807) is 17.2 Å². The third-order valence-corrected chi connectivity index (χ3v) is 5.63. The molecule has 0 bridgehead atoms. The summed E-state index contributed by atoms with van der Waals surface area (Å²) in [5.74, 6) is 0.426. The van der Waals surface area contributed by atoms with Gasteiger partial charge in [-0.05, 0) is 37.1 Å². The van der Waals surface area contributed by atoms with E-state index in [-0.39, 0.29) is 17.9 Å². The van der Waals surface area contributed by atoms with Crippen molar-refractivity contribution in [2.75, 3.05) is 19.0 Å². The largest absolute Gasteiger partial charge is 0.493 e. The van der Waals surface area contributed by atoms with Crippen molar-refractivity contribution in [3.05, 3.63) is 52.7 Å². The summed E-state index contributed by atoms with van der Waals surface area (Å²) in [6.45, 7) is 4.69. The fourth-order valence-electron chi connectivity index (χ4n) is 3.87. The highest BCUT2D eigenvalue weighted by Crippen LogP contribution is 2.24. The maximum absolute atomic E-state index is 13.3. The van der Waals surface area contributed by atoms with Gasteiger partial charge in [0.2, 0.25) is 11.9 Å². The van der Waals surface area contributed by atoms with Crippen molar-refractivity contribution in [1.82, 2.24) is 24.8 Å². The van der Waals surface area contributed by atoms with Gasteiger partial charge < -0.3 is 20.3 Å². The summed E-state index contributed by atoms with van der Waals surface area (Å²) < 4.78 is 6.99. The van der Waals surface area contributed by atoms with E-state index >= 15 is 0 Å². The molecule has 9 nitrogen and oxygen atoms in total. The lowest BCUT2D eigenvalue weighted by Crippen LogP contribution is -2.60. The molecule has 2 N–H and O–H groups in total. The first-order valence-corrected chi connectivity index (χ1v) is 10.8. The van der Waals surface area contributed by atoms with Gasteiger partial charge in [-0.25, -0.2) is 4.52 Å². The van der Waals surface area contributed by atoms with Crippen LogP contribution in [0.15, 0.2) is 36.5 Å². The van der Waals surface area contributed by atoms with Crippen LogP contribution in [0.3, 0.4) is 0 Å². The number of carbonyl (C=O) groups excluding carboxylic acids is 2. The number of nitrogens with one attached hydrogen (secondary N) is 2. The van der Waals surface area contributed by atoms with Crippen molar-refractivity contribution < 1.29 is 14.3 Å². The lowest BCUT2D eigenvalue weighted by Gasteiger charge is -2.37. The highest BCUT2D eigenvalue weighted by molar-refractivity contribution is 6.30. The number of hydrogen-bond donors (Lipinski definition) is 2. The number of methoxy groups -OCH3 is 1. The van der Waals surface area contributed by atoms with Crippen LogP contribution in [0, 0.1) is 0 Å². The summed E-state index contributed by atoms with van der Waals surface area (Å²) >= 11 is 6.04. The van der Waals surface area contributed by atoms with Crippen LogP contribution in [-0.4, -0.2) is 57.1 Å². The average Bonchev–Trinajstić information content (AvgIpc) is 3.19. The van der Waals surface area contributed by atoms with E-state index in [4.69, 9.17) is 16.3 Å². The molecule has 1 fully saturated rings. The minimum atomic E-state index is -0.508. The molecular formula is C22H25ClN6O3. The average molecular weight is 457 g/mol. The normalized spacial score (nSPS) is 18.5. The van der Waals surface area contributed by atoms with Gasteiger partial charge in [0, 0.05) is 30.4 Å². The van der Waals surface area contributed by atoms with Crippen molar-refractivity contribution in [3.8, 4) is 5.75 Å². The third-order valence-electron chi connectivity index (χ3n) is 5.39. The van der Waals surface area contributed by atoms with E-state index in [1.165, 1.54) is 11.6 Å². The lowest BCUT2D eigenvalue weighted by atomic mass is 10.0. The molecule has 1 aliphatic rings. The Morgan fingerprint density at radius 3 is 2.91 bits per heavy atom. The molecule has 4 rings (SSSR count). The van der Waals surface area contributed by atoms with Crippen molar-refractivity contribution >= 4 is 35.0 Å². The number of aromatic nitrogens is 3. The maximum atomic E-state index is 13.3. The fraction of sp³-hybridized carbons (Fsp3) is 0.364. The van der Waals surface area contributed by atoms with Crippen LogP contribution in [0.2, 0.25) is 5.02 Å². The number of anilines is 1. The Morgan fingerprint density at radius 1 is 1.38 bits per heavy atom. The fourth-order valence-corrected chi connectivity index (χ4v) is 4.08. The molecule has 10 heteroatoms. The monoisotopic (exact) mass is 456 g/mol. The third kappa shape index (κ3) is 4.34. The van der Waals surface area contributed by atoms with Crippen molar-refractivity contribution in [2.24, 2.45) is 0 Å². The summed E-state index contributed by atoms with van der Waals surface area (Å²) in [5, 5.41) is 11.2. The minimum Gasteiger partial charge on any atom is -0.493 e. The number of benzene rings is 1. The molecule has 3 heterocycles. The summed E-state index contributed by atoms with van der Waals surface area (Å²) in [4.78, 5) is 31.8. The standard InChI is InChI=1S/C22H25ClN6O3/c1-4-17-20(30)25-13(2)11-28(17)21(31)15-9-18(32-3)19-26-22(27-29(19)12-15)24-10-14-6-5-7-16(23)8-14/h5-9,12-13,17H,4,10-11H2,1-3H3,(H,24,27)(H,25,30). The Labute approximate surface area is 190 Å². The van der Waals surface area contributed by atoms with E-state index in [0.717, 1.165) is 5.56 Å². The van der Waals surface area contributed by atoms with Crippen LogP contribution in [0.25, 0.3) is 5.65 Å². The van der Waals surface area contributed by atoms with E-state index in [0.29, 0.717) is 47.4 Å². The number of hydrogen-bond acceptors (Lipinski definition) is 6. The number of piperazine rings is 1. The Balaban J connectivity index is 1.61. The van der Waals surface area contributed by atoms with Gasteiger partial charge in [0.1, 0.15) is 6.04 Å². The molecule has 0 spiro atoms. The second-order valence-corrected chi connectivity index (χ2v) is 8.21. The quantitative estimate of drug-likeness (QED) is 0.591. The second kappa shape index (κ2) is 9.04. The van der Waals surface area contributed by atoms with Crippen molar-refractivity contribution in [1.29, 1.82) is 0 Å². The Hall–Kier alpha value is -3.33. The van der Waals surface area contributed by atoms with E-state index in [1.807, 2.05) is 38.1 Å². The summed E-state index contributed by atoms with van der Waals surface area (Å²) in [7, 11) is 1.52. The zero-order valence-electron chi connectivity index (χ0n) is 18.1. The highest BCUT2D eigenvalue weighted by atomic mass is 35.5. The zero-order valence-corrected chi connectivity index (χ0v) is 18.9. The SMILES string of the molecule is CCC1C(=O)NC(C)CN1C(=O)c1cc(OC)c2nc(NCc3cccc(Cl)c3)nn2c1. The molecule has 2 unspecified atom stereocenters. The predicted octanol–water partition coefficient (Wildman–Crippen LogP) is 2.74. The van der Waals surface area contributed by atoms with Crippen LogP contribution in [-0.2, 0) is 11.3 Å². The summed E-state index contributed by atoms with van der Waals surface area (Å²) in [6.07, 6.45) is 2.15. The van der Waals surface area contributed by atoms with Gasteiger partial charge in [0.15, 0.2) is 11.4 Å². The van der Waals surface area contributed by atoms with Crippen LogP contribution in [0.5, 0.6) is 5.75 Å². The van der Waals surface area contributed by atoms with Crippen LogP contribution in [0.4, 0.5) is 5.95 Å². The molecule has 1 saturated heterocycles. The highest BCUT2D eigenvalue weighted by Gasteiger charge is 2.35. The van der Waals surface area contributed by atoms with Gasteiger partial charge in [-0.1, -0.05) is 30.7 Å². The smallest absolute Gasteiger partial charge is 0.256 e. The number of rotatable bonds is 6. The lowest BCUT2D eigenvalue weighted by molar-refractivity contribution is -0.129. The first-order chi connectivity index (χ1) is 15.4. The summed E-state index contributed by atoms with van der Waals surface area (Å²) in [5.41, 5.74) is 1.85. The van der Waals surface area contributed by atoms with Gasteiger partial charge in [-0.15, -0.1) is 5.10 Å². The minimum absolute atomic E-state index is 0.117. The molecule has 2 aromatic heterocycles. The number of amides is 2. The molecule has 2 amide bonds. The van der Waals surface area contributed by atoms with Crippen molar-refractivity contribution in [3.63, 3.8) is 0 Å². The van der Waals surface area contributed by atoms with Gasteiger partial charge in [-0.2, -0.15) is 4.98 Å².